The lowest BCUT2D eigenvalue weighted by Gasteiger charge is -2.37. The number of fused-ring (bicyclic) bond motifs is 1. The van der Waals surface area contributed by atoms with E-state index in [1.165, 1.54) is 18.2 Å². The fourth-order valence-electron chi connectivity index (χ4n) is 3.01. The molecular formula is C17H14F3N3O3. The summed E-state index contributed by atoms with van der Waals surface area (Å²) in [6.45, 7) is 0.858. The summed E-state index contributed by atoms with van der Waals surface area (Å²) in [5.74, 6) is 0. The Morgan fingerprint density at radius 2 is 1.88 bits per heavy atom. The largest absolute Gasteiger partial charge is 0.418 e. The molecule has 1 aliphatic heterocycles. The number of hydrogen-bond acceptors (Lipinski definition) is 6. The van der Waals surface area contributed by atoms with Crippen molar-refractivity contribution >= 4 is 16.7 Å². The average Bonchev–Trinajstić information content (AvgIpc) is 3.05. The van der Waals surface area contributed by atoms with Gasteiger partial charge in [-0.1, -0.05) is 18.2 Å². The van der Waals surface area contributed by atoms with Crippen LogP contribution in [0.2, 0.25) is 0 Å². The molecule has 2 N–H and O–H groups in total. The lowest BCUT2D eigenvalue weighted by Crippen LogP contribution is -2.50. The molecule has 1 aliphatic rings. The summed E-state index contributed by atoms with van der Waals surface area (Å²) < 4.78 is 43.1. The van der Waals surface area contributed by atoms with Crippen molar-refractivity contribution in [3.8, 4) is 11.1 Å². The Kier molecular flexibility index (Phi) is 3.85. The van der Waals surface area contributed by atoms with Crippen LogP contribution in [0.5, 0.6) is 0 Å². The first-order valence-electron chi connectivity index (χ1n) is 7.87. The third kappa shape index (κ3) is 2.89. The van der Waals surface area contributed by atoms with Crippen LogP contribution in [-0.4, -0.2) is 45.9 Å². The van der Waals surface area contributed by atoms with Crippen LogP contribution in [0.15, 0.2) is 41.0 Å². The van der Waals surface area contributed by atoms with E-state index in [1.54, 1.807) is 18.2 Å². The second kappa shape index (κ2) is 5.96. The van der Waals surface area contributed by atoms with Crippen molar-refractivity contribution in [2.75, 3.05) is 18.0 Å². The Morgan fingerprint density at radius 3 is 2.58 bits per heavy atom. The fourth-order valence-corrected chi connectivity index (χ4v) is 3.01. The van der Waals surface area contributed by atoms with Gasteiger partial charge >= 0.3 is 6.18 Å². The molecule has 136 valence electrons. The molecule has 3 aromatic rings. The highest BCUT2D eigenvalue weighted by Gasteiger charge is 2.39. The molecule has 26 heavy (non-hydrogen) atoms. The van der Waals surface area contributed by atoms with Crippen LogP contribution in [0.25, 0.3) is 22.2 Å². The highest BCUT2D eigenvalue weighted by Crippen LogP contribution is 2.37. The maximum atomic E-state index is 12.8. The third-order valence-corrected chi connectivity index (χ3v) is 4.39. The summed E-state index contributed by atoms with van der Waals surface area (Å²) in [5, 5.41) is 26.7. The number of aromatic nitrogens is 2. The predicted octanol–water partition coefficient (Wildman–Crippen LogP) is 2.67. The van der Waals surface area contributed by atoms with E-state index in [0.29, 0.717) is 40.9 Å². The molecule has 0 saturated carbocycles. The number of alkyl halides is 3. The van der Waals surface area contributed by atoms with Crippen LogP contribution in [-0.2, 0) is 0 Å². The van der Waals surface area contributed by atoms with Crippen molar-refractivity contribution in [1.82, 2.24) is 10.3 Å². The zero-order valence-electron chi connectivity index (χ0n) is 13.3. The number of aliphatic hydroxyl groups is 2. The first kappa shape index (κ1) is 16.8. The van der Waals surface area contributed by atoms with Gasteiger partial charge in [-0.25, -0.2) is 4.63 Å². The fraction of sp³-hybridized carbons (Fsp3) is 0.294. The quantitative estimate of drug-likeness (QED) is 0.743. The molecule has 1 saturated heterocycles. The maximum Gasteiger partial charge on any atom is 0.418 e. The molecule has 0 aliphatic carbocycles. The van der Waals surface area contributed by atoms with Crippen molar-refractivity contribution in [1.29, 1.82) is 0 Å². The number of anilines is 1. The Labute approximate surface area is 145 Å². The lowest BCUT2D eigenvalue weighted by atomic mass is 9.98. The SMILES string of the molecule is OC1CN(c2cc(-c3cccc(C(O)C(F)(F)F)c3)cc3nonc23)C1. The van der Waals surface area contributed by atoms with E-state index in [-0.39, 0.29) is 5.56 Å². The summed E-state index contributed by atoms with van der Waals surface area (Å²) >= 11 is 0. The molecule has 0 bridgehead atoms. The van der Waals surface area contributed by atoms with Gasteiger partial charge < -0.3 is 15.1 Å². The smallest absolute Gasteiger partial charge is 0.389 e. The van der Waals surface area contributed by atoms with Crippen LogP contribution in [0.4, 0.5) is 18.9 Å². The molecule has 0 spiro atoms. The minimum Gasteiger partial charge on any atom is -0.389 e. The number of β-amino-alcohol motifs (C(OH)–C–C–N with tert-alkyl or cyclic N) is 1. The molecule has 2 heterocycles. The molecule has 6 nitrogen and oxygen atoms in total. The van der Waals surface area contributed by atoms with Gasteiger partial charge in [-0.15, -0.1) is 0 Å². The summed E-state index contributed by atoms with van der Waals surface area (Å²) in [7, 11) is 0. The van der Waals surface area contributed by atoms with E-state index in [1.807, 2.05) is 4.90 Å². The van der Waals surface area contributed by atoms with Crippen molar-refractivity contribution in [2.24, 2.45) is 0 Å². The zero-order chi connectivity index (χ0) is 18.5. The van der Waals surface area contributed by atoms with Gasteiger partial charge in [0.2, 0.25) is 0 Å². The average molecular weight is 365 g/mol. The summed E-state index contributed by atoms with van der Waals surface area (Å²) in [4.78, 5) is 1.88. The van der Waals surface area contributed by atoms with Gasteiger partial charge in [0.25, 0.3) is 0 Å². The van der Waals surface area contributed by atoms with E-state index >= 15 is 0 Å². The van der Waals surface area contributed by atoms with E-state index in [9.17, 15) is 23.4 Å². The molecule has 1 unspecified atom stereocenters. The van der Waals surface area contributed by atoms with E-state index in [2.05, 4.69) is 10.3 Å². The zero-order valence-corrected chi connectivity index (χ0v) is 13.3. The van der Waals surface area contributed by atoms with Gasteiger partial charge in [0.1, 0.15) is 5.52 Å². The molecule has 4 rings (SSSR count). The van der Waals surface area contributed by atoms with Gasteiger partial charge in [0, 0.05) is 13.1 Å². The van der Waals surface area contributed by atoms with Gasteiger partial charge in [-0.05, 0) is 45.2 Å². The molecule has 1 atom stereocenters. The van der Waals surface area contributed by atoms with Crippen LogP contribution in [0, 0.1) is 0 Å². The predicted molar refractivity (Wildman–Crippen MR) is 86.5 cm³/mol. The maximum absolute atomic E-state index is 12.8. The number of hydrogen-bond donors (Lipinski definition) is 2. The standard InChI is InChI=1S/C17H14F3N3O3/c18-17(19,20)16(25)10-3-1-2-9(4-10)11-5-13-15(22-26-21-13)14(6-11)23-7-12(24)8-23/h1-6,12,16,24-25H,7-8H2. The van der Waals surface area contributed by atoms with Gasteiger partial charge in [0.15, 0.2) is 11.6 Å². The van der Waals surface area contributed by atoms with Crippen LogP contribution in [0.1, 0.15) is 11.7 Å². The van der Waals surface area contributed by atoms with Crippen LogP contribution in [0.3, 0.4) is 0 Å². The molecule has 0 amide bonds. The molecule has 1 fully saturated rings. The minimum atomic E-state index is -4.74. The second-order valence-electron chi connectivity index (χ2n) is 6.26. The van der Waals surface area contributed by atoms with Gasteiger partial charge in [-0.2, -0.15) is 13.2 Å². The van der Waals surface area contributed by atoms with Crippen LogP contribution < -0.4 is 4.90 Å². The molecule has 0 radical (unpaired) electrons. The highest BCUT2D eigenvalue weighted by molar-refractivity contribution is 5.93. The molecular weight excluding hydrogens is 351 g/mol. The molecule has 1 aromatic heterocycles. The summed E-state index contributed by atoms with van der Waals surface area (Å²) in [6.07, 6.45) is -7.72. The van der Waals surface area contributed by atoms with E-state index < -0.39 is 18.4 Å². The van der Waals surface area contributed by atoms with Crippen molar-refractivity contribution in [3.63, 3.8) is 0 Å². The monoisotopic (exact) mass is 365 g/mol. The van der Waals surface area contributed by atoms with Gasteiger partial charge in [0.05, 0.1) is 11.8 Å². The van der Waals surface area contributed by atoms with Crippen molar-refractivity contribution in [2.45, 2.75) is 18.4 Å². The Morgan fingerprint density at radius 1 is 1.12 bits per heavy atom. The molecule has 9 heteroatoms. The normalized spacial score (nSPS) is 16.7. The summed E-state index contributed by atoms with van der Waals surface area (Å²) in [6, 6.07) is 9.04. The second-order valence-corrected chi connectivity index (χ2v) is 6.26. The van der Waals surface area contributed by atoms with Crippen molar-refractivity contribution in [3.05, 3.63) is 42.0 Å². The number of nitrogens with zero attached hydrogens (tertiary/aromatic N) is 3. The number of rotatable bonds is 3. The first-order chi connectivity index (χ1) is 12.3. The van der Waals surface area contributed by atoms with Crippen LogP contribution >= 0.6 is 0 Å². The third-order valence-electron chi connectivity index (χ3n) is 4.39. The Balaban J connectivity index is 1.77. The topological polar surface area (TPSA) is 82.6 Å². The minimum absolute atomic E-state index is 0.241. The van der Waals surface area contributed by atoms with Gasteiger partial charge in [-0.3, -0.25) is 0 Å². The van der Waals surface area contributed by atoms with E-state index in [0.717, 1.165) is 0 Å². The number of halogens is 3. The van der Waals surface area contributed by atoms with Crippen molar-refractivity contribution < 1.29 is 28.0 Å². The summed E-state index contributed by atoms with van der Waals surface area (Å²) in [5.41, 5.74) is 2.53. The highest BCUT2D eigenvalue weighted by atomic mass is 19.4. The number of benzene rings is 2. The first-order valence-corrected chi connectivity index (χ1v) is 7.87. The Bertz CT molecular complexity index is 951. The Hall–Kier alpha value is -2.65. The number of aliphatic hydroxyl groups excluding tert-OH is 2. The molecule has 2 aromatic carbocycles. The lowest BCUT2D eigenvalue weighted by molar-refractivity contribution is -0.206. The van der Waals surface area contributed by atoms with E-state index in [4.69, 9.17) is 4.63 Å².